The lowest BCUT2D eigenvalue weighted by atomic mass is 10.2. The minimum atomic E-state index is -0.319. The summed E-state index contributed by atoms with van der Waals surface area (Å²) in [6.45, 7) is 2.91. The molecule has 0 unspecified atom stereocenters. The summed E-state index contributed by atoms with van der Waals surface area (Å²) in [6.07, 6.45) is 4.03. The summed E-state index contributed by atoms with van der Waals surface area (Å²) in [5.74, 6) is -0.154. The van der Waals surface area contributed by atoms with Gasteiger partial charge in [0.05, 0.1) is 29.4 Å². The number of anilines is 2. The number of hydrogen-bond donors (Lipinski definition) is 2. The molecule has 180 valence electrons. The normalized spacial score (nSPS) is 10.8. The number of aryl methyl sites for hydroxylation is 2. The summed E-state index contributed by atoms with van der Waals surface area (Å²) in [7, 11) is 1.49. The Kier molecular flexibility index (Phi) is 7.25. The first-order chi connectivity index (χ1) is 17.0. The van der Waals surface area contributed by atoms with E-state index in [4.69, 9.17) is 4.74 Å². The molecule has 0 saturated heterocycles. The number of hydrogen-bond acceptors (Lipinski definition) is 5. The summed E-state index contributed by atoms with van der Waals surface area (Å²) in [4.78, 5) is 41.9. The van der Waals surface area contributed by atoms with Crippen molar-refractivity contribution in [3.8, 4) is 5.75 Å². The van der Waals surface area contributed by atoms with E-state index < -0.39 is 0 Å². The van der Waals surface area contributed by atoms with E-state index in [-0.39, 0.29) is 30.5 Å². The molecule has 2 aromatic heterocycles. The van der Waals surface area contributed by atoms with Crippen LogP contribution in [-0.4, -0.2) is 33.0 Å². The zero-order valence-electron chi connectivity index (χ0n) is 19.7. The van der Waals surface area contributed by atoms with E-state index in [1.807, 2.05) is 31.2 Å². The van der Waals surface area contributed by atoms with Gasteiger partial charge >= 0.3 is 5.69 Å². The highest BCUT2D eigenvalue weighted by molar-refractivity contribution is 6.05. The summed E-state index contributed by atoms with van der Waals surface area (Å²) in [6, 6.07) is 15.9. The molecule has 0 fully saturated rings. The van der Waals surface area contributed by atoms with Gasteiger partial charge in [-0.3, -0.25) is 23.7 Å². The van der Waals surface area contributed by atoms with Gasteiger partial charge in [-0.05, 0) is 42.8 Å². The van der Waals surface area contributed by atoms with E-state index in [1.165, 1.54) is 13.3 Å². The Morgan fingerprint density at radius 2 is 1.71 bits per heavy atom. The van der Waals surface area contributed by atoms with Crippen LogP contribution in [-0.2, 0) is 17.9 Å². The summed E-state index contributed by atoms with van der Waals surface area (Å²) in [5.41, 5.74) is 2.97. The Balaban J connectivity index is 1.44. The fourth-order valence-corrected chi connectivity index (χ4v) is 3.93. The molecule has 0 aliphatic carbocycles. The number of carbonyl (C=O) groups excluding carboxylic acids is 2. The molecule has 2 N–H and O–H groups in total. The molecular formula is C26H27N5O4. The Morgan fingerprint density at radius 1 is 0.971 bits per heavy atom. The second-order valence-electron chi connectivity index (χ2n) is 7.98. The van der Waals surface area contributed by atoms with Crippen LogP contribution in [0.1, 0.15) is 30.1 Å². The molecule has 9 heteroatoms. The van der Waals surface area contributed by atoms with Gasteiger partial charge in [0.15, 0.2) is 0 Å². The quantitative estimate of drug-likeness (QED) is 0.383. The SMILES string of the molecule is CCCn1c(=O)n(CCC(=O)Nc2ccc(NC(=O)c3cccnc3)c(OC)c2)c2ccccc21. The lowest BCUT2D eigenvalue weighted by Gasteiger charge is -2.13. The van der Waals surface area contributed by atoms with Crippen molar-refractivity contribution in [3.63, 3.8) is 0 Å². The molecule has 0 aliphatic heterocycles. The number of benzene rings is 2. The maximum Gasteiger partial charge on any atom is 0.329 e. The lowest BCUT2D eigenvalue weighted by molar-refractivity contribution is -0.116. The van der Waals surface area contributed by atoms with E-state index in [2.05, 4.69) is 15.6 Å². The average molecular weight is 474 g/mol. The van der Waals surface area contributed by atoms with Crippen molar-refractivity contribution in [2.24, 2.45) is 0 Å². The van der Waals surface area contributed by atoms with Gasteiger partial charge in [0.2, 0.25) is 5.91 Å². The van der Waals surface area contributed by atoms with Gasteiger partial charge in [0, 0.05) is 43.7 Å². The van der Waals surface area contributed by atoms with Crippen LogP contribution >= 0.6 is 0 Å². The van der Waals surface area contributed by atoms with Crippen molar-refractivity contribution in [2.75, 3.05) is 17.7 Å². The second kappa shape index (κ2) is 10.7. The van der Waals surface area contributed by atoms with Crippen LogP contribution in [0, 0.1) is 0 Å². The van der Waals surface area contributed by atoms with Crippen molar-refractivity contribution >= 4 is 34.2 Å². The average Bonchev–Trinajstić information content (AvgIpc) is 3.15. The highest BCUT2D eigenvalue weighted by atomic mass is 16.5. The van der Waals surface area contributed by atoms with Crippen LogP contribution in [0.3, 0.4) is 0 Å². The fourth-order valence-electron chi connectivity index (χ4n) is 3.93. The molecule has 4 rings (SSSR count). The summed E-state index contributed by atoms with van der Waals surface area (Å²) < 4.78 is 8.78. The number of rotatable bonds is 9. The largest absolute Gasteiger partial charge is 0.494 e. The molecule has 0 saturated carbocycles. The van der Waals surface area contributed by atoms with Gasteiger partial charge in [-0.15, -0.1) is 0 Å². The van der Waals surface area contributed by atoms with Crippen LogP contribution in [0.15, 0.2) is 71.8 Å². The maximum atomic E-state index is 12.9. The molecule has 2 aromatic carbocycles. The van der Waals surface area contributed by atoms with E-state index >= 15 is 0 Å². The van der Waals surface area contributed by atoms with Crippen molar-refractivity contribution in [3.05, 3.63) is 83.0 Å². The van der Waals surface area contributed by atoms with E-state index in [0.717, 1.165) is 17.5 Å². The minimum Gasteiger partial charge on any atom is -0.494 e. The van der Waals surface area contributed by atoms with Gasteiger partial charge in [0.25, 0.3) is 5.91 Å². The molecule has 0 aliphatic rings. The summed E-state index contributed by atoms with van der Waals surface area (Å²) in [5, 5.41) is 5.62. The number of aromatic nitrogens is 3. The minimum absolute atomic E-state index is 0.115. The Labute approximate surface area is 202 Å². The molecule has 0 atom stereocenters. The Hall–Kier alpha value is -4.40. The van der Waals surface area contributed by atoms with Gasteiger partial charge in [-0.2, -0.15) is 0 Å². The fraction of sp³-hybridized carbons (Fsp3) is 0.231. The Morgan fingerprint density at radius 3 is 2.37 bits per heavy atom. The molecule has 0 spiro atoms. The molecular weight excluding hydrogens is 446 g/mol. The smallest absolute Gasteiger partial charge is 0.329 e. The van der Waals surface area contributed by atoms with Crippen molar-refractivity contribution in [1.29, 1.82) is 0 Å². The second-order valence-corrected chi connectivity index (χ2v) is 7.98. The number of pyridine rings is 1. The maximum absolute atomic E-state index is 12.9. The van der Waals surface area contributed by atoms with Crippen LogP contribution in [0.25, 0.3) is 11.0 Å². The van der Waals surface area contributed by atoms with Gasteiger partial charge in [-0.1, -0.05) is 19.1 Å². The van der Waals surface area contributed by atoms with Gasteiger partial charge < -0.3 is 15.4 Å². The highest BCUT2D eigenvalue weighted by Crippen LogP contribution is 2.28. The first-order valence-corrected chi connectivity index (χ1v) is 11.4. The monoisotopic (exact) mass is 473 g/mol. The van der Waals surface area contributed by atoms with Crippen molar-refractivity contribution in [2.45, 2.75) is 32.9 Å². The first kappa shape index (κ1) is 23.7. The molecule has 9 nitrogen and oxygen atoms in total. The number of methoxy groups -OCH3 is 1. The Bertz CT molecular complexity index is 1410. The van der Waals surface area contributed by atoms with E-state index in [1.54, 1.807) is 45.7 Å². The molecule has 4 aromatic rings. The molecule has 0 radical (unpaired) electrons. The highest BCUT2D eigenvalue weighted by Gasteiger charge is 2.15. The third-order valence-corrected chi connectivity index (χ3v) is 5.59. The third kappa shape index (κ3) is 5.24. The zero-order chi connectivity index (χ0) is 24.8. The molecule has 2 heterocycles. The predicted molar refractivity (Wildman–Crippen MR) is 135 cm³/mol. The van der Waals surface area contributed by atoms with Crippen LogP contribution < -0.4 is 21.1 Å². The number of fused-ring (bicyclic) bond motifs is 1. The zero-order valence-corrected chi connectivity index (χ0v) is 19.7. The lowest BCUT2D eigenvalue weighted by Crippen LogP contribution is -2.26. The van der Waals surface area contributed by atoms with E-state index in [0.29, 0.717) is 29.2 Å². The first-order valence-electron chi connectivity index (χ1n) is 11.4. The van der Waals surface area contributed by atoms with Crippen molar-refractivity contribution < 1.29 is 14.3 Å². The number of para-hydroxylation sites is 2. The molecule has 2 amide bonds. The standard InChI is InChI=1S/C26H27N5O4/c1-3-14-30-21-8-4-5-9-22(21)31(26(30)34)15-12-24(32)28-19-10-11-20(23(16-19)35-2)29-25(33)18-7-6-13-27-17-18/h4-11,13,16-17H,3,12,14-15H2,1-2H3,(H,28,32)(H,29,33). The van der Waals surface area contributed by atoms with Crippen LogP contribution in [0.4, 0.5) is 11.4 Å². The topological polar surface area (TPSA) is 107 Å². The predicted octanol–water partition coefficient (Wildman–Crippen LogP) is 3.90. The van der Waals surface area contributed by atoms with Crippen LogP contribution in [0.2, 0.25) is 0 Å². The van der Waals surface area contributed by atoms with Gasteiger partial charge in [-0.25, -0.2) is 4.79 Å². The molecule has 35 heavy (non-hydrogen) atoms. The van der Waals surface area contributed by atoms with E-state index in [9.17, 15) is 14.4 Å². The number of amides is 2. The number of ether oxygens (including phenoxy) is 1. The van der Waals surface area contributed by atoms with Gasteiger partial charge in [0.1, 0.15) is 5.75 Å². The van der Waals surface area contributed by atoms with Crippen LogP contribution in [0.5, 0.6) is 5.75 Å². The third-order valence-electron chi connectivity index (χ3n) is 5.59. The number of carbonyl (C=O) groups is 2. The number of imidazole rings is 1. The molecule has 0 bridgehead atoms. The number of nitrogens with one attached hydrogen (secondary N) is 2. The number of nitrogens with zero attached hydrogens (tertiary/aromatic N) is 3. The summed E-state index contributed by atoms with van der Waals surface area (Å²) >= 11 is 0. The van der Waals surface area contributed by atoms with Crippen molar-refractivity contribution in [1.82, 2.24) is 14.1 Å².